The van der Waals surface area contributed by atoms with Crippen molar-refractivity contribution in [2.45, 2.75) is 34.1 Å². The average Bonchev–Trinajstić information content (AvgIpc) is 2.79. The number of carbonyl (C=O) groups is 3. The molecule has 0 unspecified atom stereocenters. The summed E-state index contributed by atoms with van der Waals surface area (Å²) in [7, 11) is 0. The number of hydrogen-bond donors (Lipinski definition) is 3. The third-order valence-electron chi connectivity index (χ3n) is 5.09. The molecule has 178 valence electrons. The third-order valence-corrected chi connectivity index (χ3v) is 5.09. The number of rotatable bonds is 8. The fraction of sp³-hybridized carbons (Fsp3) is 0.222. The van der Waals surface area contributed by atoms with E-state index in [-0.39, 0.29) is 31.2 Å². The van der Waals surface area contributed by atoms with Gasteiger partial charge in [0.25, 0.3) is 11.8 Å². The summed E-state index contributed by atoms with van der Waals surface area (Å²) in [6.45, 7) is 5.84. The molecule has 0 bridgehead atoms. The number of amides is 2. The van der Waals surface area contributed by atoms with E-state index in [9.17, 15) is 19.5 Å². The highest BCUT2D eigenvalue weighted by molar-refractivity contribution is 6.08. The van der Waals surface area contributed by atoms with Crippen molar-refractivity contribution in [3.63, 3.8) is 0 Å². The van der Waals surface area contributed by atoms with Gasteiger partial charge < -0.3 is 20.5 Å². The van der Waals surface area contributed by atoms with Gasteiger partial charge in [-0.25, -0.2) is 4.79 Å². The van der Waals surface area contributed by atoms with E-state index in [4.69, 9.17) is 4.74 Å². The molecule has 0 aromatic heterocycles. The standard InChI is InChI=1S/C26H26N2O5.CH4/c1-16(2)18-8-11-20(12-9-18)33-15-24(29)27-22-13-10-19(14-17(22)3)25(30)28-23-7-5-4-6-21(23)26(31)32;/h4-14,16H,15H2,1-3H3,(H,27,29)(H,28,30)(H,31,32);1H4. The van der Waals surface area contributed by atoms with Crippen LogP contribution in [0.3, 0.4) is 0 Å². The van der Waals surface area contributed by atoms with Gasteiger partial charge in [0.15, 0.2) is 6.61 Å². The molecule has 0 atom stereocenters. The van der Waals surface area contributed by atoms with Crippen LogP contribution in [0.5, 0.6) is 5.75 Å². The van der Waals surface area contributed by atoms with Crippen LogP contribution >= 0.6 is 0 Å². The van der Waals surface area contributed by atoms with Gasteiger partial charge >= 0.3 is 5.97 Å². The van der Waals surface area contributed by atoms with Crippen molar-refractivity contribution >= 4 is 29.2 Å². The number of carbonyl (C=O) groups excluding carboxylic acids is 2. The smallest absolute Gasteiger partial charge is 0.337 e. The van der Waals surface area contributed by atoms with Crippen LogP contribution in [0.1, 0.15) is 59.0 Å². The molecule has 7 nitrogen and oxygen atoms in total. The number of hydrogen-bond acceptors (Lipinski definition) is 4. The van der Waals surface area contributed by atoms with Crippen LogP contribution in [0.15, 0.2) is 66.7 Å². The summed E-state index contributed by atoms with van der Waals surface area (Å²) in [6.07, 6.45) is 0. The second kappa shape index (κ2) is 11.7. The third kappa shape index (κ3) is 6.68. The van der Waals surface area contributed by atoms with E-state index in [0.29, 0.717) is 28.5 Å². The van der Waals surface area contributed by atoms with Crippen molar-refractivity contribution in [2.24, 2.45) is 0 Å². The van der Waals surface area contributed by atoms with Crippen molar-refractivity contribution in [3.05, 3.63) is 89.0 Å². The second-order valence-corrected chi connectivity index (χ2v) is 7.90. The largest absolute Gasteiger partial charge is 0.484 e. The summed E-state index contributed by atoms with van der Waals surface area (Å²) in [5, 5.41) is 14.7. The molecular weight excluding hydrogens is 432 g/mol. The topological polar surface area (TPSA) is 105 Å². The molecule has 7 heteroatoms. The number of aryl methyl sites for hydroxylation is 1. The summed E-state index contributed by atoms with van der Waals surface area (Å²) < 4.78 is 5.55. The molecule has 3 N–H and O–H groups in total. The van der Waals surface area contributed by atoms with E-state index < -0.39 is 11.9 Å². The number of benzene rings is 3. The predicted octanol–water partition coefficient (Wildman–Crippen LogP) is 5.72. The lowest BCUT2D eigenvalue weighted by Crippen LogP contribution is -2.21. The first-order valence-electron chi connectivity index (χ1n) is 10.5. The lowest BCUT2D eigenvalue weighted by atomic mass is 10.0. The Morgan fingerprint density at radius 2 is 1.59 bits per heavy atom. The van der Waals surface area contributed by atoms with Crippen molar-refractivity contribution in [2.75, 3.05) is 17.2 Å². The molecule has 3 rings (SSSR count). The molecule has 0 spiro atoms. The van der Waals surface area contributed by atoms with E-state index >= 15 is 0 Å². The molecule has 3 aromatic rings. The van der Waals surface area contributed by atoms with Gasteiger partial charge in [-0.2, -0.15) is 0 Å². The number of carboxylic acids is 1. The van der Waals surface area contributed by atoms with Crippen LogP contribution in [-0.2, 0) is 4.79 Å². The summed E-state index contributed by atoms with van der Waals surface area (Å²) in [4.78, 5) is 36.2. The van der Waals surface area contributed by atoms with E-state index in [0.717, 1.165) is 0 Å². The Morgan fingerprint density at radius 3 is 2.21 bits per heavy atom. The number of aromatic carboxylic acids is 1. The highest BCUT2D eigenvalue weighted by Gasteiger charge is 2.14. The van der Waals surface area contributed by atoms with Gasteiger partial charge in [0, 0.05) is 11.3 Å². The zero-order valence-electron chi connectivity index (χ0n) is 18.7. The van der Waals surface area contributed by atoms with E-state index in [1.54, 1.807) is 37.3 Å². The highest BCUT2D eigenvalue weighted by atomic mass is 16.5. The minimum absolute atomic E-state index is 0. The molecule has 0 fully saturated rings. The summed E-state index contributed by atoms with van der Waals surface area (Å²) in [5.74, 6) is -0.864. The molecule has 0 heterocycles. The fourth-order valence-electron chi connectivity index (χ4n) is 3.20. The van der Waals surface area contributed by atoms with Gasteiger partial charge in [0.05, 0.1) is 11.3 Å². The molecule has 0 saturated heterocycles. The molecular formula is C27H30N2O5. The Balaban J connectivity index is 0.00000408. The van der Waals surface area contributed by atoms with Crippen LogP contribution < -0.4 is 15.4 Å². The molecule has 0 aliphatic carbocycles. The Bertz CT molecular complexity index is 1170. The summed E-state index contributed by atoms with van der Waals surface area (Å²) in [5.41, 5.74) is 2.99. The Hall–Kier alpha value is -4.13. The van der Waals surface area contributed by atoms with Gasteiger partial charge in [-0.15, -0.1) is 0 Å². The molecule has 0 aliphatic heterocycles. The molecule has 3 aromatic carbocycles. The van der Waals surface area contributed by atoms with Crippen LogP contribution in [0.25, 0.3) is 0 Å². The Labute approximate surface area is 199 Å². The summed E-state index contributed by atoms with van der Waals surface area (Å²) >= 11 is 0. The summed E-state index contributed by atoms with van der Waals surface area (Å²) in [6, 6.07) is 18.6. The maximum absolute atomic E-state index is 12.6. The number of para-hydroxylation sites is 1. The van der Waals surface area contributed by atoms with Crippen molar-refractivity contribution in [1.29, 1.82) is 0 Å². The molecule has 34 heavy (non-hydrogen) atoms. The second-order valence-electron chi connectivity index (χ2n) is 7.90. The van der Waals surface area contributed by atoms with Crippen molar-refractivity contribution in [1.82, 2.24) is 0 Å². The number of nitrogens with one attached hydrogen (secondary N) is 2. The van der Waals surface area contributed by atoms with Gasteiger partial charge in [0.2, 0.25) is 0 Å². The highest BCUT2D eigenvalue weighted by Crippen LogP contribution is 2.21. The zero-order valence-corrected chi connectivity index (χ0v) is 18.7. The monoisotopic (exact) mass is 462 g/mol. The normalized spacial score (nSPS) is 10.2. The number of ether oxygens (including phenoxy) is 1. The lowest BCUT2D eigenvalue weighted by molar-refractivity contribution is -0.118. The lowest BCUT2D eigenvalue weighted by Gasteiger charge is -2.12. The van der Waals surface area contributed by atoms with E-state index in [1.165, 1.54) is 17.7 Å². The molecule has 0 radical (unpaired) electrons. The van der Waals surface area contributed by atoms with Gasteiger partial charge in [-0.1, -0.05) is 45.5 Å². The van der Waals surface area contributed by atoms with Gasteiger partial charge in [0.1, 0.15) is 5.75 Å². The number of carboxylic acid groups (broad SMARTS) is 1. The quantitative estimate of drug-likeness (QED) is 0.397. The Morgan fingerprint density at radius 1 is 0.912 bits per heavy atom. The van der Waals surface area contributed by atoms with Crippen molar-refractivity contribution in [3.8, 4) is 5.75 Å². The molecule has 0 aliphatic rings. The minimum Gasteiger partial charge on any atom is -0.484 e. The fourth-order valence-corrected chi connectivity index (χ4v) is 3.20. The van der Waals surface area contributed by atoms with Crippen LogP contribution in [0.2, 0.25) is 0 Å². The van der Waals surface area contributed by atoms with E-state index in [1.807, 2.05) is 24.3 Å². The molecule has 0 saturated carbocycles. The maximum atomic E-state index is 12.6. The predicted molar refractivity (Wildman–Crippen MR) is 134 cm³/mol. The number of anilines is 2. The first-order chi connectivity index (χ1) is 15.7. The van der Waals surface area contributed by atoms with Gasteiger partial charge in [-0.3, -0.25) is 9.59 Å². The van der Waals surface area contributed by atoms with Crippen LogP contribution in [-0.4, -0.2) is 29.5 Å². The van der Waals surface area contributed by atoms with E-state index in [2.05, 4.69) is 24.5 Å². The van der Waals surface area contributed by atoms with Crippen molar-refractivity contribution < 1.29 is 24.2 Å². The van der Waals surface area contributed by atoms with Gasteiger partial charge in [-0.05, 0) is 66.4 Å². The SMILES string of the molecule is C.Cc1cc(C(=O)Nc2ccccc2C(=O)O)ccc1NC(=O)COc1ccc(C(C)C)cc1. The average molecular weight is 463 g/mol. The molecule has 2 amide bonds. The van der Waals surface area contributed by atoms with Crippen LogP contribution in [0, 0.1) is 6.92 Å². The zero-order chi connectivity index (χ0) is 24.0. The first-order valence-corrected chi connectivity index (χ1v) is 10.5. The Kier molecular flexibility index (Phi) is 8.95. The minimum atomic E-state index is -1.13. The first kappa shape index (κ1) is 26.1. The van der Waals surface area contributed by atoms with Crippen LogP contribution in [0.4, 0.5) is 11.4 Å². The maximum Gasteiger partial charge on any atom is 0.337 e.